The second kappa shape index (κ2) is 11.5. The Morgan fingerprint density at radius 1 is 1.07 bits per heavy atom. The van der Waals surface area contributed by atoms with Crippen molar-refractivity contribution < 1.29 is 9.53 Å². The highest BCUT2D eigenvalue weighted by Gasteiger charge is 2.01. The molecule has 0 aliphatic heterocycles. The first-order valence-electron chi connectivity index (χ1n) is 6.17. The predicted octanol–water partition coefficient (Wildman–Crippen LogP) is 2.63. The number of hydrogen-bond acceptors (Lipinski definition) is 3. The van der Waals surface area contributed by atoms with Crippen LogP contribution in [0.4, 0.5) is 0 Å². The molecule has 3 heteroatoms. The van der Waals surface area contributed by atoms with Crippen LogP contribution in [0.2, 0.25) is 0 Å². The zero-order valence-electron chi connectivity index (χ0n) is 9.96. The van der Waals surface area contributed by atoms with Gasteiger partial charge in [0.15, 0.2) is 0 Å². The monoisotopic (exact) mass is 215 g/mol. The van der Waals surface area contributed by atoms with Crippen LogP contribution in [0.3, 0.4) is 0 Å². The van der Waals surface area contributed by atoms with E-state index >= 15 is 0 Å². The molecule has 0 aliphatic rings. The number of nitrogens with two attached hydrogens (primary N) is 1. The Kier molecular flexibility index (Phi) is 11.1. The minimum Gasteiger partial charge on any atom is -0.466 e. The molecule has 0 bridgehead atoms. The van der Waals surface area contributed by atoms with Crippen molar-refractivity contribution in [1.29, 1.82) is 0 Å². The SMILES string of the molecule is CCCCCCCC(=O)OCCCCN. The van der Waals surface area contributed by atoms with Crippen LogP contribution in [-0.2, 0) is 9.53 Å². The topological polar surface area (TPSA) is 52.3 Å². The molecule has 0 aliphatic carbocycles. The van der Waals surface area contributed by atoms with Crippen LogP contribution in [0.15, 0.2) is 0 Å². The van der Waals surface area contributed by atoms with Gasteiger partial charge in [-0.3, -0.25) is 4.79 Å². The summed E-state index contributed by atoms with van der Waals surface area (Å²) in [5, 5.41) is 0. The summed E-state index contributed by atoms with van der Waals surface area (Å²) in [6.45, 7) is 3.39. The maximum absolute atomic E-state index is 11.2. The van der Waals surface area contributed by atoms with Gasteiger partial charge in [-0.2, -0.15) is 0 Å². The summed E-state index contributed by atoms with van der Waals surface area (Å²) in [5.41, 5.74) is 5.33. The molecule has 0 radical (unpaired) electrons. The van der Waals surface area contributed by atoms with E-state index < -0.39 is 0 Å². The van der Waals surface area contributed by atoms with Gasteiger partial charge in [-0.05, 0) is 25.8 Å². The van der Waals surface area contributed by atoms with Crippen molar-refractivity contribution >= 4 is 5.97 Å². The fraction of sp³-hybridized carbons (Fsp3) is 0.917. The lowest BCUT2D eigenvalue weighted by Crippen LogP contribution is -2.07. The molecule has 0 atom stereocenters. The molecular weight excluding hydrogens is 190 g/mol. The smallest absolute Gasteiger partial charge is 0.305 e. The first kappa shape index (κ1) is 14.4. The van der Waals surface area contributed by atoms with E-state index in [1.807, 2.05) is 0 Å². The molecule has 0 heterocycles. The van der Waals surface area contributed by atoms with Gasteiger partial charge in [0.25, 0.3) is 0 Å². The molecule has 3 nitrogen and oxygen atoms in total. The summed E-state index contributed by atoms with van der Waals surface area (Å²) in [5.74, 6) is -0.0523. The second-order valence-electron chi connectivity index (χ2n) is 3.88. The summed E-state index contributed by atoms with van der Waals surface area (Å²) in [6.07, 6.45) is 8.25. The Morgan fingerprint density at radius 3 is 2.47 bits per heavy atom. The van der Waals surface area contributed by atoms with E-state index in [1.165, 1.54) is 19.3 Å². The molecule has 90 valence electrons. The summed E-state index contributed by atoms with van der Waals surface area (Å²) >= 11 is 0. The van der Waals surface area contributed by atoms with Gasteiger partial charge in [0.2, 0.25) is 0 Å². The zero-order valence-corrected chi connectivity index (χ0v) is 9.96. The maximum atomic E-state index is 11.2. The summed E-state index contributed by atoms with van der Waals surface area (Å²) < 4.78 is 5.06. The minimum atomic E-state index is -0.0523. The number of ether oxygens (including phenoxy) is 1. The quantitative estimate of drug-likeness (QED) is 0.450. The first-order chi connectivity index (χ1) is 7.31. The Labute approximate surface area is 93.4 Å². The van der Waals surface area contributed by atoms with E-state index in [0.29, 0.717) is 19.6 Å². The van der Waals surface area contributed by atoms with Crippen LogP contribution < -0.4 is 5.73 Å². The lowest BCUT2D eigenvalue weighted by molar-refractivity contribution is -0.143. The van der Waals surface area contributed by atoms with Crippen LogP contribution in [-0.4, -0.2) is 19.1 Å². The third kappa shape index (κ3) is 11.4. The minimum absolute atomic E-state index is 0.0523. The van der Waals surface area contributed by atoms with Crippen LogP contribution in [0.5, 0.6) is 0 Å². The van der Waals surface area contributed by atoms with E-state index in [-0.39, 0.29) is 5.97 Å². The number of carbonyl (C=O) groups excluding carboxylic acids is 1. The van der Waals surface area contributed by atoms with Gasteiger partial charge < -0.3 is 10.5 Å². The number of carbonyl (C=O) groups is 1. The van der Waals surface area contributed by atoms with E-state index in [4.69, 9.17) is 10.5 Å². The van der Waals surface area contributed by atoms with E-state index in [2.05, 4.69) is 6.92 Å². The average Bonchev–Trinajstić information content (AvgIpc) is 2.24. The number of rotatable bonds is 10. The van der Waals surface area contributed by atoms with E-state index in [1.54, 1.807) is 0 Å². The molecule has 0 rings (SSSR count). The van der Waals surface area contributed by atoms with Gasteiger partial charge in [-0.15, -0.1) is 0 Å². The standard InChI is InChI=1S/C12H25NO2/c1-2-3-4-5-6-9-12(14)15-11-8-7-10-13/h2-11,13H2,1H3. The Bertz CT molecular complexity index is 149. The van der Waals surface area contributed by atoms with E-state index in [0.717, 1.165) is 25.7 Å². The lowest BCUT2D eigenvalue weighted by Gasteiger charge is -2.03. The molecule has 0 fully saturated rings. The van der Waals surface area contributed by atoms with Crippen molar-refractivity contribution in [3.05, 3.63) is 0 Å². The van der Waals surface area contributed by atoms with Crippen molar-refractivity contribution in [2.45, 2.75) is 58.3 Å². The molecule has 0 aromatic heterocycles. The largest absolute Gasteiger partial charge is 0.466 e. The average molecular weight is 215 g/mol. The molecule has 0 saturated heterocycles. The zero-order chi connectivity index (χ0) is 11.4. The molecule has 0 aromatic rings. The Balaban J connectivity index is 3.11. The Morgan fingerprint density at radius 2 is 1.80 bits per heavy atom. The number of hydrogen-bond donors (Lipinski definition) is 1. The van der Waals surface area contributed by atoms with Crippen molar-refractivity contribution in [3.8, 4) is 0 Å². The maximum Gasteiger partial charge on any atom is 0.305 e. The van der Waals surface area contributed by atoms with Gasteiger partial charge in [0.1, 0.15) is 0 Å². The summed E-state index contributed by atoms with van der Waals surface area (Å²) in [6, 6.07) is 0. The molecule has 15 heavy (non-hydrogen) atoms. The molecular formula is C12H25NO2. The van der Waals surface area contributed by atoms with Gasteiger partial charge in [0, 0.05) is 6.42 Å². The predicted molar refractivity (Wildman–Crippen MR) is 62.6 cm³/mol. The van der Waals surface area contributed by atoms with Crippen LogP contribution in [0.1, 0.15) is 58.3 Å². The Hall–Kier alpha value is -0.570. The van der Waals surface area contributed by atoms with Gasteiger partial charge >= 0.3 is 5.97 Å². The molecule has 0 amide bonds. The number of unbranched alkanes of at least 4 members (excludes halogenated alkanes) is 5. The highest BCUT2D eigenvalue weighted by Crippen LogP contribution is 2.05. The van der Waals surface area contributed by atoms with Gasteiger partial charge in [-0.25, -0.2) is 0 Å². The van der Waals surface area contributed by atoms with Crippen molar-refractivity contribution in [3.63, 3.8) is 0 Å². The van der Waals surface area contributed by atoms with Crippen molar-refractivity contribution in [2.75, 3.05) is 13.2 Å². The normalized spacial score (nSPS) is 10.3. The van der Waals surface area contributed by atoms with Crippen LogP contribution in [0.25, 0.3) is 0 Å². The fourth-order valence-electron chi connectivity index (χ4n) is 1.38. The van der Waals surface area contributed by atoms with Crippen LogP contribution >= 0.6 is 0 Å². The highest BCUT2D eigenvalue weighted by molar-refractivity contribution is 5.69. The first-order valence-corrected chi connectivity index (χ1v) is 6.17. The summed E-state index contributed by atoms with van der Waals surface area (Å²) in [4.78, 5) is 11.2. The van der Waals surface area contributed by atoms with Crippen LogP contribution in [0, 0.1) is 0 Å². The second-order valence-corrected chi connectivity index (χ2v) is 3.88. The third-order valence-corrected chi connectivity index (χ3v) is 2.35. The number of esters is 1. The van der Waals surface area contributed by atoms with Crippen molar-refractivity contribution in [1.82, 2.24) is 0 Å². The molecule has 0 aromatic carbocycles. The molecule has 0 saturated carbocycles. The fourth-order valence-corrected chi connectivity index (χ4v) is 1.38. The van der Waals surface area contributed by atoms with Gasteiger partial charge in [-0.1, -0.05) is 32.6 Å². The third-order valence-electron chi connectivity index (χ3n) is 2.35. The van der Waals surface area contributed by atoms with E-state index in [9.17, 15) is 4.79 Å². The molecule has 2 N–H and O–H groups in total. The molecule has 0 spiro atoms. The van der Waals surface area contributed by atoms with Gasteiger partial charge in [0.05, 0.1) is 6.61 Å². The highest BCUT2D eigenvalue weighted by atomic mass is 16.5. The lowest BCUT2D eigenvalue weighted by atomic mass is 10.1. The molecule has 0 unspecified atom stereocenters. The van der Waals surface area contributed by atoms with Crippen molar-refractivity contribution in [2.24, 2.45) is 5.73 Å². The summed E-state index contributed by atoms with van der Waals surface area (Å²) in [7, 11) is 0.